The molecule has 0 saturated carbocycles. The van der Waals surface area contributed by atoms with Gasteiger partial charge in [-0.1, -0.05) is 12.1 Å². The Labute approximate surface area is 139 Å². The molecule has 0 bridgehead atoms. The predicted octanol–water partition coefficient (Wildman–Crippen LogP) is 4.00. The monoisotopic (exact) mass is 323 g/mol. The highest BCUT2D eigenvalue weighted by molar-refractivity contribution is 7.15. The third-order valence-electron chi connectivity index (χ3n) is 3.44. The first-order valence-electron chi connectivity index (χ1n) is 7.35. The average molecular weight is 323 g/mol. The molecule has 3 aromatic rings. The zero-order chi connectivity index (χ0) is 16.2. The SMILES string of the molecule is Cc1cccc(NC(=O)Cc2sc(-c3ccncc3)nc2C)c1. The van der Waals surface area contributed by atoms with Crippen molar-refractivity contribution in [3.8, 4) is 10.6 Å². The molecule has 4 nitrogen and oxygen atoms in total. The van der Waals surface area contributed by atoms with Gasteiger partial charge in [-0.3, -0.25) is 9.78 Å². The van der Waals surface area contributed by atoms with Crippen LogP contribution < -0.4 is 5.32 Å². The first-order chi connectivity index (χ1) is 11.1. The second-order valence-corrected chi connectivity index (χ2v) is 6.44. The van der Waals surface area contributed by atoms with E-state index >= 15 is 0 Å². The van der Waals surface area contributed by atoms with Crippen molar-refractivity contribution in [3.63, 3.8) is 0 Å². The van der Waals surface area contributed by atoms with Gasteiger partial charge in [-0.25, -0.2) is 4.98 Å². The van der Waals surface area contributed by atoms with Crippen LogP contribution in [0.3, 0.4) is 0 Å². The van der Waals surface area contributed by atoms with Crippen molar-refractivity contribution >= 4 is 22.9 Å². The van der Waals surface area contributed by atoms with Crippen LogP contribution >= 0.6 is 11.3 Å². The number of benzene rings is 1. The van der Waals surface area contributed by atoms with E-state index in [1.807, 2.05) is 50.2 Å². The van der Waals surface area contributed by atoms with Crippen LogP contribution in [0.25, 0.3) is 10.6 Å². The fourth-order valence-corrected chi connectivity index (χ4v) is 3.35. The summed E-state index contributed by atoms with van der Waals surface area (Å²) >= 11 is 1.55. The van der Waals surface area contributed by atoms with Gasteiger partial charge in [0.15, 0.2) is 0 Å². The topological polar surface area (TPSA) is 54.9 Å². The standard InChI is InChI=1S/C18H17N3OS/c1-12-4-3-5-15(10-12)21-17(22)11-16-13(2)20-18(23-16)14-6-8-19-9-7-14/h3-10H,11H2,1-2H3,(H,21,22). The van der Waals surface area contributed by atoms with E-state index in [4.69, 9.17) is 0 Å². The fourth-order valence-electron chi connectivity index (χ4n) is 2.28. The van der Waals surface area contributed by atoms with Crippen LogP contribution in [0.1, 0.15) is 16.1 Å². The number of hydrogen-bond acceptors (Lipinski definition) is 4. The maximum Gasteiger partial charge on any atom is 0.229 e. The second kappa shape index (κ2) is 6.71. The normalized spacial score (nSPS) is 10.5. The summed E-state index contributed by atoms with van der Waals surface area (Å²) in [6.45, 7) is 3.94. The molecule has 1 N–H and O–H groups in total. The summed E-state index contributed by atoms with van der Waals surface area (Å²) in [5, 5.41) is 3.86. The van der Waals surface area contributed by atoms with E-state index in [-0.39, 0.29) is 5.91 Å². The minimum Gasteiger partial charge on any atom is -0.326 e. The Bertz CT molecular complexity index is 827. The lowest BCUT2D eigenvalue weighted by atomic mass is 10.2. The van der Waals surface area contributed by atoms with Crippen molar-refractivity contribution in [2.75, 3.05) is 5.32 Å². The van der Waals surface area contributed by atoms with Gasteiger partial charge in [0.1, 0.15) is 5.01 Å². The van der Waals surface area contributed by atoms with Crippen molar-refractivity contribution in [1.29, 1.82) is 0 Å². The molecule has 3 rings (SSSR count). The Morgan fingerprint density at radius 2 is 1.96 bits per heavy atom. The Kier molecular flexibility index (Phi) is 4.48. The van der Waals surface area contributed by atoms with Crippen LogP contribution in [-0.2, 0) is 11.2 Å². The highest BCUT2D eigenvalue weighted by Gasteiger charge is 2.13. The second-order valence-electron chi connectivity index (χ2n) is 5.36. The van der Waals surface area contributed by atoms with E-state index in [0.717, 1.165) is 32.4 Å². The van der Waals surface area contributed by atoms with Crippen molar-refractivity contribution in [2.24, 2.45) is 0 Å². The van der Waals surface area contributed by atoms with Crippen LogP contribution in [0.2, 0.25) is 0 Å². The first-order valence-corrected chi connectivity index (χ1v) is 8.16. The molecule has 0 atom stereocenters. The number of carbonyl (C=O) groups excluding carboxylic acids is 1. The smallest absolute Gasteiger partial charge is 0.229 e. The number of nitrogens with zero attached hydrogens (tertiary/aromatic N) is 2. The number of anilines is 1. The van der Waals surface area contributed by atoms with E-state index < -0.39 is 0 Å². The van der Waals surface area contributed by atoms with Gasteiger partial charge in [-0.05, 0) is 43.7 Å². The summed E-state index contributed by atoms with van der Waals surface area (Å²) in [4.78, 5) is 21.8. The highest BCUT2D eigenvalue weighted by atomic mass is 32.1. The van der Waals surface area contributed by atoms with E-state index in [1.54, 1.807) is 23.7 Å². The molecular formula is C18H17N3OS. The van der Waals surface area contributed by atoms with Gasteiger partial charge < -0.3 is 5.32 Å². The lowest BCUT2D eigenvalue weighted by molar-refractivity contribution is -0.115. The molecule has 2 heterocycles. The minimum atomic E-state index is -0.0244. The largest absolute Gasteiger partial charge is 0.326 e. The van der Waals surface area contributed by atoms with Gasteiger partial charge in [0, 0.05) is 28.5 Å². The van der Waals surface area contributed by atoms with Crippen molar-refractivity contribution in [2.45, 2.75) is 20.3 Å². The fraction of sp³-hybridized carbons (Fsp3) is 0.167. The number of nitrogens with one attached hydrogen (secondary N) is 1. The van der Waals surface area contributed by atoms with Gasteiger partial charge in [0.25, 0.3) is 0 Å². The molecule has 1 amide bonds. The van der Waals surface area contributed by atoms with E-state index in [0.29, 0.717) is 6.42 Å². The highest BCUT2D eigenvalue weighted by Crippen LogP contribution is 2.28. The van der Waals surface area contributed by atoms with E-state index in [1.165, 1.54) is 0 Å². The molecule has 0 aliphatic rings. The van der Waals surface area contributed by atoms with Crippen molar-refractivity contribution in [3.05, 3.63) is 64.9 Å². The molecular weight excluding hydrogens is 306 g/mol. The number of rotatable bonds is 4. The van der Waals surface area contributed by atoms with Crippen LogP contribution in [0.5, 0.6) is 0 Å². The van der Waals surface area contributed by atoms with Crippen LogP contribution in [0.15, 0.2) is 48.8 Å². The Morgan fingerprint density at radius 1 is 1.17 bits per heavy atom. The van der Waals surface area contributed by atoms with Crippen LogP contribution in [0, 0.1) is 13.8 Å². The van der Waals surface area contributed by atoms with Gasteiger partial charge in [0.05, 0.1) is 12.1 Å². The summed E-state index contributed by atoms with van der Waals surface area (Å²) in [5.41, 5.74) is 3.88. The number of thiazole rings is 1. The zero-order valence-electron chi connectivity index (χ0n) is 13.0. The molecule has 1 aromatic carbocycles. The molecule has 0 saturated heterocycles. The number of aromatic nitrogens is 2. The molecule has 0 fully saturated rings. The minimum absolute atomic E-state index is 0.0244. The maximum atomic E-state index is 12.2. The zero-order valence-corrected chi connectivity index (χ0v) is 13.9. The van der Waals surface area contributed by atoms with Crippen LogP contribution in [-0.4, -0.2) is 15.9 Å². The third-order valence-corrected chi connectivity index (χ3v) is 4.65. The number of aryl methyl sites for hydroxylation is 2. The molecule has 2 aromatic heterocycles. The summed E-state index contributed by atoms with van der Waals surface area (Å²) in [6.07, 6.45) is 3.83. The third kappa shape index (κ3) is 3.81. The summed E-state index contributed by atoms with van der Waals surface area (Å²) in [6, 6.07) is 11.6. The summed E-state index contributed by atoms with van der Waals surface area (Å²) in [5.74, 6) is -0.0244. The van der Waals surface area contributed by atoms with Gasteiger partial charge in [-0.2, -0.15) is 0 Å². The van der Waals surface area contributed by atoms with Gasteiger partial charge in [0.2, 0.25) is 5.91 Å². The molecule has 116 valence electrons. The molecule has 0 aliphatic carbocycles. The van der Waals surface area contributed by atoms with Gasteiger partial charge >= 0.3 is 0 Å². The number of hydrogen-bond donors (Lipinski definition) is 1. The van der Waals surface area contributed by atoms with Crippen molar-refractivity contribution in [1.82, 2.24) is 9.97 Å². The van der Waals surface area contributed by atoms with E-state index in [9.17, 15) is 4.79 Å². The lowest BCUT2D eigenvalue weighted by Crippen LogP contribution is -2.14. The van der Waals surface area contributed by atoms with Crippen LogP contribution in [0.4, 0.5) is 5.69 Å². The number of amides is 1. The summed E-state index contributed by atoms with van der Waals surface area (Å²) < 4.78 is 0. The quantitative estimate of drug-likeness (QED) is 0.789. The Hall–Kier alpha value is -2.53. The Morgan fingerprint density at radius 3 is 2.70 bits per heavy atom. The molecule has 0 radical (unpaired) electrons. The number of pyridine rings is 1. The Balaban J connectivity index is 1.73. The number of carbonyl (C=O) groups is 1. The molecule has 23 heavy (non-hydrogen) atoms. The molecule has 5 heteroatoms. The predicted molar refractivity (Wildman–Crippen MR) is 93.6 cm³/mol. The van der Waals surface area contributed by atoms with Crippen molar-refractivity contribution < 1.29 is 4.79 Å². The molecule has 0 aliphatic heterocycles. The molecule has 0 spiro atoms. The summed E-state index contributed by atoms with van der Waals surface area (Å²) in [7, 11) is 0. The molecule has 0 unspecified atom stereocenters. The first kappa shape index (κ1) is 15.4. The van der Waals surface area contributed by atoms with E-state index in [2.05, 4.69) is 15.3 Å². The lowest BCUT2D eigenvalue weighted by Gasteiger charge is -2.05. The average Bonchev–Trinajstić information content (AvgIpc) is 2.89. The maximum absolute atomic E-state index is 12.2. The van der Waals surface area contributed by atoms with Gasteiger partial charge in [-0.15, -0.1) is 11.3 Å².